The number of unbranched alkanes of at least 4 members (excludes halogenated alkanes) is 2. The number of aliphatic hydroxyl groups excluding tert-OH is 2. The van der Waals surface area contributed by atoms with Crippen LogP contribution in [0.2, 0.25) is 0 Å². The van der Waals surface area contributed by atoms with Crippen LogP contribution >= 0.6 is 0 Å². The number of nitrogens with zero attached hydrogens (tertiary/aromatic N) is 1. The highest BCUT2D eigenvalue weighted by atomic mass is 32.2. The molecule has 0 aromatic rings. The molecule has 0 amide bonds. The Hall–Kier alpha value is -0.290. The Morgan fingerprint density at radius 2 is 1.32 bits per heavy atom. The zero-order valence-electron chi connectivity index (χ0n) is 15.6. The lowest BCUT2D eigenvalue weighted by Crippen LogP contribution is -2.48. The molecule has 0 aromatic heterocycles. The van der Waals surface area contributed by atoms with Gasteiger partial charge in [0.15, 0.2) is 0 Å². The van der Waals surface area contributed by atoms with Crippen molar-refractivity contribution < 1.29 is 32.7 Å². The van der Waals surface area contributed by atoms with Crippen LogP contribution in [0.25, 0.3) is 0 Å². The van der Waals surface area contributed by atoms with Gasteiger partial charge in [0.05, 0.1) is 25.4 Å². The van der Waals surface area contributed by atoms with Gasteiger partial charge in [-0.25, -0.2) is 0 Å². The Morgan fingerprint density at radius 3 is 1.64 bits per heavy atom. The summed E-state index contributed by atoms with van der Waals surface area (Å²) in [5.41, 5.74) is 0. The molecule has 3 N–H and O–H groups in total. The van der Waals surface area contributed by atoms with Gasteiger partial charge in [0.2, 0.25) is 0 Å². The number of hydrogen-bond acceptors (Lipinski definition) is 7. The highest BCUT2D eigenvalue weighted by Crippen LogP contribution is 2.09. The predicted octanol–water partition coefficient (Wildman–Crippen LogP) is 0.877. The standard InChI is InChI=1S/C16H35NO7S/c1-4-6-8-23-12-15(18)10-17(14(3)25(20,21)22)11-16(19)13-24-9-7-5-2/h14-16,18-19H,4-13H2,1-3H3,(H,20,21,22). The first-order valence-corrected chi connectivity index (χ1v) is 10.4. The maximum Gasteiger partial charge on any atom is 0.280 e. The van der Waals surface area contributed by atoms with Crippen LogP contribution in [0.5, 0.6) is 0 Å². The number of rotatable bonds is 16. The lowest BCUT2D eigenvalue weighted by molar-refractivity contribution is -0.0134. The molecule has 0 aliphatic carbocycles. The van der Waals surface area contributed by atoms with Crippen molar-refractivity contribution >= 4 is 10.1 Å². The minimum Gasteiger partial charge on any atom is -0.389 e. The molecule has 0 bridgehead atoms. The average Bonchev–Trinajstić information content (AvgIpc) is 2.53. The summed E-state index contributed by atoms with van der Waals surface area (Å²) in [7, 11) is -4.33. The van der Waals surface area contributed by atoms with Gasteiger partial charge in [-0.3, -0.25) is 9.45 Å². The summed E-state index contributed by atoms with van der Waals surface area (Å²) in [6.07, 6.45) is 1.87. The second-order valence-electron chi connectivity index (χ2n) is 6.23. The van der Waals surface area contributed by atoms with Crippen molar-refractivity contribution in [1.82, 2.24) is 4.90 Å². The van der Waals surface area contributed by atoms with E-state index in [9.17, 15) is 23.2 Å². The van der Waals surface area contributed by atoms with Crippen molar-refractivity contribution in [3.8, 4) is 0 Å². The second-order valence-corrected chi connectivity index (χ2v) is 7.94. The van der Waals surface area contributed by atoms with E-state index < -0.39 is 27.7 Å². The zero-order chi connectivity index (χ0) is 19.3. The van der Waals surface area contributed by atoms with Crippen molar-refractivity contribution in [3.63, 3.8) is 0 Å². The van der Waals surface area contributed by atoms with E-state index in [1.165, 1.54) is 11.8 Å². The SMILES string of the molecule is CCCCOCC(O)CN(CC(O)COCCCC)C(C)S(=O)(=O)O. The van der Waals surface area contributed by atoms with E-state index in [-0.39, 0.29) is 26.3 Å². The van der Waals surface area contributed by atoms with E-state index in [1.807, 2.05) is 13.8 Å². The first kappa shape index (κ1) is 24.7. The molecular formula is C16H35NO7S. The molecule has 0 saturated carbocycles. The van der Waals surface area contributed by atoms with E-state index >= 15 is 0 Å². The molecule has 0 saturated heterocycles. The third kappa shape index (κ3) is 12.7. The maximum atomic E-state index is 11.4. The fourth-order valence-electron chi connectivity index (χ4n) is 2.14. The van der Waals surface area contributed by atoms with Crippen LogP contribution in [0.4, 0.5) is 0 Å². The zero-order valence-corrected chi connectivity index (χ0v) is 16.4. The molecular weight excluding hydrogens is 350 g/mol. The monoisotopic (exact) mass is 385 g/mol. The quantitative estimate of drug-likeness (QED) is 0.265. The molecule has 0 aliphatic rings. The summed E-state index contributed by atoms with van der Waals surface area (Å²) >= 11 is 0. The third-order valence-electron chi connectivity index (χ3n) is 3.74. The fraction of sp³-hybridized carbons (Fsp3) is 1.00. The Morgan fingerprint density at radius 1 is 0.920 bits per heavy atom. The number of ether oxygens (including phenoxy) is 2. The largest absolute Gasteiger partial charge is 0.389 e. The molecule has 8 nitrogen and oxygen atoms in total. The van der Waals surface area contributed by atoms with E-state index in [1.54, 1.807) is 0 Å². The van der Waals surface area contributed by atoms with Crippen LogP contribution in [0.1, 0.15) is 46.5 Å². The molecule has 0 fully saturated rings. The molecule has 152 valence electrons. The molecule has 0 radical (unpaired) electrons. The second kappa shape index (κ2) is 13.9. The van der Waals surface area contributed by atoms with Gasteiger partial charge in [-0.15, -0.1) is 0 Å². The molecule has 0 aliphatic heterocycles. The Kier molecular flexibility index (Phi) is 13.7. The summed E-state index contributed by atoms with van der Waals surface area (Å²) in [6.45, 7) is 6.46. The summed E-state index contributed by atoms with van der Waals surface area (Å²) in [5.74, 6) is 0. The maximum absolute atomic E-state index is 11.4. The van der Waals surface area contributed by atoms with Crippen LogP contribution < -0.4 is 0 Å². The molecule has 0 aromatic carbocycles. The first-order chi connectivity index (χ1) is 11.7. The molecule has 0 spiro atoms. The summed E-state index contributed by atoms with van der Waals surface area (Å²) in [4.78, 5) is 1.32. The van der Waals surface area contributed by atoms with Gasteiger partial charge in [-0.2, -0.15) is 8.42 Å². The smallest absolute Gasteiger partial charge is 0.280 e. The van der Waals surface area contributed by atoms with Gasteiger partial charge < -0.3 is 19.7 Å². The van der Waals surface area contributed by atoms with Crippen molar-refractivity contribution in [1.29, 1.82) is 0 Å². The third-order valence-corrected chi connectivity index (χ3v) is 4.90. The van der Waals surface area contributed by atoms with Crippen molar-refractivity contribution in [2.45, 2.75) is 64.0 Å². The van der Waals surface area contributed by atoms with Crippen molar-refractivity contribution in [2.24, 2.45) is 0 Å². The van der Waals surface area contributed by atoms with Crippen molar-refractivity contribution in [3.05, 3.63) is 0 Å². The van der Waals surface area contributed by atoms with Gasteiger partial charge in [0, 0.05) is 26.3 Å². The van der Waals surface area contributed by atoms with E-state index in [0.717, 1.165) is 25.7 Å². The van der Waals surface area contributed by atoms with Crippen LogP contribution in [0, 0.1) is 0 Å². The topological polar surface area (TPSA) is 117 Å². The Labute approximate surface area is 151 Å². The molecule has 0 heterocycles. The van der Waals surface area contributed by atoms with Crippen LogP contribution in [0.15, 0.2) is 0 Å². The normalized spacial score (nSPS) is 16.1. The average molecular weight is 386 g/mol. The van der Waals surface area contributed by atoms with Gasteiger partial charge in [-0.05, 0) is 19.8 Å². The molecule has 3 unspecified atom stereocenters. The summed E-state index contributed by atoms with van der Waals surface area (Å²) in [5, 5.41) is 18.8. The molecule has 25 heavy (non-hydrogen) atoms. The highest BCUT2D eigenvalue weighted by molar-refractivity contribution is 7.86. The fourth-order valence-corrected chi connectivity index (χ4v) is 2.69. The van der Waals surface area contributed by atoms with Gasteiger partial charge in [0.25, 0.3) is 10.1 Å². The molecule has 0 rings (SSSR count). The van der Waals surface area contributed by atoms with Gasteiger partial charge in [-0.1, -0.05) is 26.7 Å². The summed E-state index contributed by atoms with van der Waals surface area (Å²) < 4.78 is 42.8. The number of hydrogen-bond donors (Lipinski definition) is 3. The van der Waals surface area contributed by atoms with E-state index in [2.05, 4.69) is 0 Å². The van der Waals surface area contributed by atoms with E-state index in [0.29, 0.717) is 13.2 Å². The van der Waals surface area contributed by atoms with Crippen molar-refractivity contribution in [2.75, 3.05) is 39.5 Å². The van der Waals surface area contributed by atoms with Crippen LogP contribution in [-0.4, -0.2) is 85.2 Å². The number of aliphatic hydroxyl groups is 2. The van der Waals surface area contributed by atoms with Crippen LogP contribution in [-0.2, 0) is 19.6 Å². The van der Waals surface area contributed by atoms with Crippen LogP contribution in [0.3, 0.4) is 0 Å². The lowest BCUT2D eigenvalue weighted by atomic mass is 10.2. The Bertz CT molecular complexity index is 399. The molecule has 9 heteroatoms. The van der Waals surface area contributed by atoms with Gasteiger partial charge in [0.1, 0.15) is 5.37 Å². The summed E-state index contributed by atoms with van der Waals surface area (Å²) in [6, 6.07) is 0. The minimum atomic E-state index is -4.33. The molecule has 3 atom stereocenters. The minimum absolute atomic E-state index is 0.0426. The highest BCUT2D eigenvalue weighted by Gasteiger charge is 2.28. The van der Waals surface area contributed by atoms with Gasteiger partial charge >= 0.3 is 0 Å². The lowest BCUT2D eigenvalue weighted by Gasteiger charge is -2.30. The Balaban J connectivity index is 4.55. The van der Waals surface area contributed by atoms with E-state index in [4.69, 9.17) is 9.47 Å². The predicted molar refractivity (Wildman–Crippen MR) is 96.1 cm³/mol. The first-order valence-electron chi connectivity index (χ1n) is 8.94.